The van der Waals surface area contributed by atoms with E-state index < -0.39 is 6.04 Å². The van der Waals surface area contributed by atoms with Gasteiger partial charge in [-0.1, -0.05) is 13.8 Å². The zero-order valence-corrected chi connectivity index (χ0v) is 11.9. The summed E-state index contributed by atoms with van der Waals surface area (Å²) < 4.78 is 4.84. The number of esters is 1. The summed E-state index contributed by atoms with van der Waals surface area (Å²) in [7, 11) is 1.39. The Bertz CT molecular complexity index is 626. The van der Waals surface area contributed by atoms with Gasteiger partial charge in [0.25, 0.3) is 0 Å². The highest BCUT2D eigenvalue weighted by Gasteiger charge is 2.23. The predicted molar refractivity (Wildman–Crippen MR) is 80.4 cm³/mol. The van der Waals surface area contributed by atoms with Crippen LogP contribution >= 0.6 is 0 Å². The van der Waals surface area contributed by atoms with E-state index in [1.807, 2.05) is 32.0 Å². The van der Waals surface area contributed by atoms with E-state index in [-0.39, 0.29) is 11.9 Å². The average Bonchev–Trinajstić information content (AvgIpc) is 2.46. The van der Waals surface area contributed by atoms with E-state index in [1.54, 1.807) is 12.4 Å². The van der Waals surface area contributed by atoms with Gasteiger partial charge in [-0.15, -0.1) is 0 Å². The molecule has 1 unspecified atom stereocenters. The maximum atomic E-state index is 11.8. The van der Waals surface area contributed by atoms with Crippen molar-refractivity contribution in [3.8, 4) is 0 Å². The standard InChI is InChI=1S/C15H19N3O2/c1-9(2)14(15(19)20-3)18-13-5-4-12(16)10-6-7-17-8-11(10)13/h4-9,14,18H,16H2,1-3H3. The Morgan fingerprint density at radius 1 is 1.30 bits per heavy atom. The minimum Gasteiger partial charge on any atom is -0.467 e. The number of nitrogen functional groups attached to an aromatic ring is 1. The SMILES string of the molecule is COC(=O)C(Nc1ccc(N)c2ccncc12)C(C)C. The molecule has 0 fully saturated rings. The summed E-state index contributed by atoms with van der Waals surface area (Å²) in [6.07, 6.45) is 3.44. The van der Waals surface area contributed by atoms with Gasteiger partial charge in [0.15, 0.2) is 0 Å². The van der Waals surface area contributed by atoms with Crippen molar-refractivity contribution in [1.29, 1.82) is 0 Å². The lowest BCUT2D eigenvalue weighted by atomic mass is 10.0. The molecule has 0 aliphatic carbocycles. The summed E-state index contributed by atoms with van der Waals surface area (Å²) in [4.78, 5) is 16.0. The van der Waals surface area contributed by atoms with Gasteiger partial charge in [0.2, 0.25) is 0 Å². The third-order valence-corrected chi connectivity index (χ3v) is 3.28. The summed E-state index contributed by atoms with van der Waals surface area (Å²) in [5.41, 5.74) is 7.47. The Morgan fingerprint density at radius 3 is 2.70 bits per heavy atom. The van der Waals surface area contributed by atoms with Crippen molar-refractivity contribution in [3.63, 3.8) is 0 Å². The number of pyridine rings is 1. The molecule has 106 valence electrons. The number of aromatic nitrogens is 1. The van der Waals surface area contributed by atoms with Gasteiger partial charge < -0.3 is 15.8 Å². The van der Waals surface area contributed by atoms with Crippen molar-refractivity contribution in [2.75, 3.05) is 18.2 Å². The first-order chi connectivity index (χ1) is 9.54. The van der Waals surface area contributed by atoms with E-state index in [1.165, 1.54) is 7.11 Å². The Balaban J connectivity index is 2.43. The van der Waals surface area contributed by atoms with Crippen molar-refractivity contribution in [3.05, 3.63) is 30.6 Å². The Labute approximate surface area is 118 Å². The van der Waals surface area contributed by atoms with Gasteiger partial charge in [-0.3, -0.25) is 4.98 Å². The molecule has 3 N–H and O–H groups in total. The summed E-state index contributed by atoms with van der Waals surface area (Å²) in [5, 5.41) is 5.03. The zero-order chi connectivity index (χ0) is 14.7. The molecule has 5 nitrogen and oxygen atoms in total. The third kappa shape index (κ3) is 2.66. The lowest BCUT2D eigenvalue weighted by molar-refractivity contribution is -0.142. The molecule has 0 saturated carbocycles. The summed E-state index contributed by atoms with van der Waals surface area (Å²) in [5.74, 6) is -0.180. The normalized spacial score (nSPS) is 12.4. The maximum Gasteiger partial charge on any atom is 0.328 e. The van der Waals surface area contributed by atoms with Crippen LogP contribution in [0.3, 0.4) is 0 Å². The number of fused-ring (bicyclic) bond motifs is 1. The predicted octanol–water partition coefficient (Wildman–Crippen LogP) is 2.43. The van der Waals surface area contributed by atoms with E-state index in [2.05, 4.69) is 10.3 Å². The molecular weight excluding hydrogens is 254 g/mol. The molecule has 5 heteroatoms. The van der Waals surface area contributed by atoms with Crippen molar-refractivity contribution < 1.29 is 9.53 Å². The molecular formula is C15H19N3O2. The second kappa shape index (κ2) is 5.77. The number of nitrogens with zero attached hydrogens (tertiary/aromatic N) is 1. The number of rotatable bonds is 4. The van der Waals surface area contributed by atoms with Crippen LogP contribution in [0.15, 0.2) is 30.6 Å². The van der Waals surface area contributed by atoms with Gasteiger partial charge in [0.05, 0.1) is 7.11 Å². The van der Waals surface area contributed by atoms with Gasteiger partial charge in [0.1, 0.15) is 6.04 Å². The smallest absolute Gasteiger partial charge is 0.328 e. The Hall–Kier alpha value is -2.30. The molecule has 0 radical (unpaired) electrons. The van der Waals surface area contributed by atoms with Gasteiger partial charge in [0, 0.05) is 34.5 Å². The number of benzene rings is 1. The molecule has 1 atom stereocenters. The van der Waals surface area contributed by atoms with Gasteiger partial charge in [-0.05, 0) is 24.1 Å². The average molecular weight is 273 g/mol. The highest BCUT2D eigenvalue weighted by Crippen LogP contribution is 2.28. The molecule has 0 saturated heterocycles. The third-order valence-electron chi connectivity index (χ3n) is 3.28. The number of nitrogens with one attached hydrogen (secondary N) is 1. The van der Waals surface area contributed by atoms with Crippen molar-refractivity contribution >= 4 is 28.1 Å². The van der Waals surface area contributed by atoms with Gasteiger partial charge >= 0.3 is 5.97 Å². The van der Waals surface area contributed by atoms with E-state index >= 15 is 0 Å². The number of ether oxygens (including phenoxy) is 1. The van der Waals surface area contributed by atoms with Crippen molar-refractivity contribution in [2.45, 2.75) is 19.9 Å². The van der Waals surface area contributed by atoms with Crippen LogP contribution in [0.1, 0.15) is 13.8 Å². The minimum atomic E-state index is -0.410. The fourth-order valence-electron chi connectivity index (χ4n) is 2.13. The molecule has 2 aromatic rings. The van der Waals surface area contributed by atoms with Crippen LogP contribution in [0.4, 0.5) is 11.4 Å². The maximum absolute atomic E-state index is 11.8. The largest absolute Gasteiger partial charge is 0.467 e. The number of hydrogen-bond donors (Lipinski definition) is 2. The first-order valence-corrected chi connectivity index (χ1v) is 6.51. The van der Waals surface area contributed by atoms with Crippen LogP contribution in [0.5, 0.6) is 0 Å². The minimum absolute atomic E-state index is 0.103. The van der Waals surface area contributed by atoms with Gasteiger partial charge in [-0.2, -0.15) is 0 Å². The van der Waals surface area contributed by atoms with Gasteiger partial charge in [-0.25, -0.2) is 4.79 Å². The summed E-state index contributed by atoms with van der Waals surface area (Å²) >= 11 is 0. The lowest BCUT2D eigenvalue weighted by Crippen LogP contribution is -2.35. The highest BCUT2D eigenvalue weighted by molar-refractivity contribution is 6.01. The summed E-state index contributed by atoms with van der Waals surface area (Å²) in [6.45, 7) is 3.93. The first-order valence-electron chi connectivity index (χ1n) is 6.51. The Morgan fingerprint density at radius 2 is 2.05 bits per heavy atom. The van der Waals surface area contributed by atoms with Crippen LogP contribution in [-0.2, 0) is 9.53 Å². The number of hydrogen-bond acceptors (Lipinski definition) is 5. The van der Waals surface area contributed by atoms with Crippen LogP contribution in [0.2, 0.25) is 0 Å². The van der Waals surface area contributed by atoms with Crippen molar-refractivity contribution in [2.24, 2.45) is 5.92 Å². The highest BCUT2D eigenvalue weighted by atomic mass is 16.5. The topological polar surface area (TPSA) is 77.2 Å². The molecule has 1 heterocycles. The number of carbonyl (C=O) groups excluding carboxylic acids is 1. The molecule has 0 bridgehead atoms. The fraction of sp³-hybridized carbons (Fsp3) is 0.333. The fourth-order valence-corrected chi connectivity index (χ4v) is 2.13. The molecule has 20 heavy (non-hydrogen) atoms. The molecule has 0 spiro atoms. The van der Waals surface area contributed by atoms with E-state index in [0.717, 1.165) is 16.5 Å². The van der Waals surface area contributed by atoms with Crippen LogP contribution in [0.25, 0.3) is 10.8 Å². The van der Waals surface area contributed by atoms with Crippen LogP contribution < -0.4 is 11.1 Å². The molecule has 2 rings (SSSR count). The second-order valence-corrected chi connectivity index (χ2v) is 5.01. The molecule has 0 aliphatic heterocycles. The van der Waals surface area contributed by atoms with E-state index in [4.69, 9.17) is 10.5 Å². The molecule has 0 amide bonds. The quantitative estimate of drug-likeness (QED) is 0.661. The van der Waals surface area contributed by atoms with Crippen LogP contribution in [0, 0.1) is 5.92 Å². The van der Waals surface area contributed by atoms with E-state index in [0.29, 0.717) is 5.69 Å². The monoisotopic (exact) mass is 273 g/mol. The Kier molecular flexibility index (Phi) is 4.08. The molecule has 1 aromatic heterocycles. The molecule has 0 aliphatic rings. The number of anilines is 2. The van der Waals surface area contributed by atoms with Crippen LogP contribution in [-0.4, -0.2) is 24.1 Å². The number of carbonyl (C=O) groups is 1. The number of methoxy groups -OCH3 is 1. The second-order valence-electron chi connectivity index (χ2n) is 5.01. The first kappa shape index (κ1) is 14.1. The van der Waals surface area contributed by atoms with E-state index in [9.17, 15) is 4.79 Å². The zero-order valence-electron chi connectivity index (χ0n) is 11.9. The van der Waals surface area contributed by atoms with Crippen molar-refractivity contribution in [1.82, 2.24) is 4.98 Å². The summed E-state index contributed by atoms with van der Waals surface area (Å²) in [6, 6.07) is 5.13. The molecule has 1 aromatic carbocycles. The lowest BCUT2D eigenvalue weighted by Gasteiger charge is -2.22. The number of nitrogens with two attached hydrogens (primary N) is 1.